The summed E-state index contributed by atoms with van der Waals surface area (Å²) in [7, 11) is 0. The van der Waals surface area contributed by atoms with Crippen LogP contribution in [0.2, 0.25) is 26.2 Å². The number of hydrogen-bond acceptors (Lipinski definition) is 2. The molecule has 0 fully saturated rings. The molecule has 0 aliphatic heterocycles. The molecule has 0 amide bonds. The molecule has 0 spiro atoms. The molecule has 0 heterocycles. The van der Waals surface area contributed by atoms with E-state index in [4.69, 9.17) is 0 Å². The first-order valence-corrected chi connectivity index (χ1v) is 15.1. The van der Waals surface area contributed by atoms with Gasteiger partial charge in [-0.25, -0.2) is 0 Å². The second-order valence-electron chi connectivity index (χ2n) is 3.89. The Labute approximate surface area is 87.4 Å². The summed E-state index contributed by atoms with van der Waals surface area (Å²) >= 11 is 4.52. The predicted molar refractivity (Wildman–Crippen MR) is 71.2 cm³/mol. The van der Waals surface area contributed by atoms with Gasteiger partial charge in [-0.2, -0.15) is 22.4 Å². The Kier molecular flexibility index (Phi) is 5.61. The summed E-state index contributed by atoms with van der Waals surface area (Å²) < 4.78 is 0. The van der Waals surface area contributed by atoms with E-state index in [-0.39, 0.29) is 0 Å². The molecule has 0 aromatic rings. The van der Waals surface area contributed by atoms with Gasteiger partial charge in [0.1, 0.15) is 13.5 Å². The van der Waals surface area contributed by atoms with Gasteiger partial charge in [0.25, 0.3) is 0 Å². The van der Waals surface area contributed by atoms with E-state index in [2.05, 4.69) is 62.5 Å². The number of hydrogen-bond donors (Lipinski definition) is 0. The summed E-state index contributed by atoms with van der Waals surface area (Å²) in [6.07, 6.45) is 0. The molecule has 0 unspecified atom stereocenters. The average molecular weight is 239 g/mol. The van der Waals surface area contributed by atoms with Gasteiger partial charge in [0.2, 0.25) is 0 Å². The molecule has 0 nitrogen and oxygen atoms in total. The van der Waals surface area contributed by atoms with Gasteiger partial charge in [-0.3, -0.25) is 0 Å². The molecule has 0 aromatic heterocycles. The van der Waals surface area contributed by atoms with E-state index in [1.807, 2.05) is 0 Å². The molecule has 0 aromatic carbocycles. The molecule has 0 saturated heterocycles. The van der Waals surface area contributed by atoms with Crippen LogP contribution < -0.4 is 0 Å². The quantitative estimate of drug-likeness (QED) is 0.665. The highest BCUT2D eigenvalue weighted by atomic mass is 32.4. The standard InChI is InChI=1S/C8H22S2Si2/c1-7-9-11(3,4)12(5,6)10-8-2/h7-8H2,1-6H3. The van der Waals surface area contributed by atoms with E-state index in [9.17, 15) is 0 Å². The highest BCUT2D eigenvalue weighted by Gasteiger charge is 2.41. The van der Waals surface area contributed by atoms with Crippen molar-refractivity contribution in [3.8, 4) is 0 Å². The molecule has 0 N–H and O–H groups in total. The molecule has 0 aliphatic rings. The second-order valence-corrected chi connectivity index (χ2v) is 29.2. The first kappa shape index (κ1) is 13.1. The molecule has 0 rings (SSSR count). The van der Waals surface area contributed by atoms with Crippen LogP contribution in [0.3, 0.4) is 0 Å². The van der Waals surface area contributed by atoms with Crippen LogP contribution in [0.15, 0.2) is 0 Å². The molecule has 0 aliphatic carbocycles. The minimum atomic E-state index is -0.933. The summed E-state index contributed by atoms with van der Waals surface area (Å²) in [5, 5.41) is 0. The smallest absolute Gasteiger partial charge is 0.115 e. The zero-order chi connectivity index (χ0) is 9.83. The van der Waals surface area contributed by atoms with Crippen molar-refractivity contribution < 1.29 is 0 Å². The fourth-order valence-corrected chi connectivity index (χ4v) is 21.7. The zero-order valence-corrected chi connectivity index (χ0v) is 12.9. The van der Waals surface area contributed by atoms with Crippen molar-refractivity contribution >= 4 is 35.9 Å². The van der Waals surface area contributed by atoms with Gasteiger partial charge < -0.3 is 0 Å². The molecule has 74 valence electrons. The van der Waals surface area contributed by atoms with E-state index < -0.39 is 13.5 Å². The van der Waals surface area contributed by atoms with Gasteiger partial charge in [0.15, 0.2) is 0 Å². The van der Waals surface area contributed by atoms with Gasteiger partial charge in [0.05, 0.1) is 0 Å². The van der Waals surface area contributed by atoms with E-state index >= 15 is 0 Å². The lowest BCUT2D eigenvalue weighted by Crippen LogP contribution is -2.50. The first-order chi connectivity index (χ1) is 5.37. The Morgan fingerprint density at radius 2 is 1.00 bits per heavy atom. The van der Waals surface area contributed by atoms with Crippen molar-refractivity contribution in [2.24, 2.45) is 0 Å². The van der Waals surface area contributed by atoms with Crippen molar-refractivity contribution in [1.29, 1.82) is 0 Å². The lowest BCUT2D eigenvalue weighted by molar-refractivity contribution is 1.53. The molecular weight excluding hydrogens is 216 g/mol. The van der Waals surface area contributed by atoms with E-state index in [0.29, 0.717) is 0 Å². The van der Waals surface area contributed by atoms with Crippen LogP contribution in [-0.2, 0) is 0 Å². The van der Waals surface area contributed by atoms with Gasteiger partial charge in [0, 0.05) is 0 Å². The third kappa shape index (κ3) is 3.48. The minimum absolute atomic E-state index is 0.933. The Hall–Kier alpha value is 1.13. The second kappa shape index (κ2) is 5.12. The Bertz CT molecular complexity index is 119. The maximum absolute atomic E-state index is 2.55. The summed E-state index contributed by atoms with van der Waals surface area (Å²) in [4.78, 5) is 0. The van der Waals surface area contributed by atoms with Crippen LogP contribution in [0.4, 0.5) is 0 Å². The molecule has 0 atom stereocenters. The fraction of sp³-hybridized carbons (Fsp3) is 1.00. The highest BCUT2D eigenvalue weighted by Crippen LogP contribution is 2.37. The van der Waals surface area contributed by atoms with Crippen LogP contribution >= 0.6 is 22.4 Å². The summed E-state index contributed by atoms with van der Waals surface area (Å²) in [5.41, 5.74) is 0. The van der Waals surface area contributed by atoms with E-state index in [1.54, 1.807) is 0 Å². The maximum Gasteiger partial charge on any atom is 0.115 e. The third-order valence-electron chi connectivity index (χ3n) is 2.46. The van der Waals surface area contributed by atoms with Crippen molar-refractivity contribution in [1.82, 2.24) is 0 Å². The summed E-state index contributed by atoms with van der Waals surface area (Å²) in [5.74, 6) is 2.61. The SMILES string of the molecule is CCS[Si](C)(C)[Si](C)(C)SCC. The van der Waals surface area contributed by atoms with E-state index in [0.717, 1.165) is 0 Å². The minimum Gasteiger partial charge on any atom is -0.188 e. The first-order valence-electron chi connectivity index (χ1n) is 4.65. The zero-order valence-electron chi connectivity index (χ0n) is 9.23. The fourth-order valence-electron chi connectivity index (χ4n) is 1.07. The Morgan fingerprint density at radius 3 is 1.17 bits per heavy atom. The van der Waals surface area contributed by atoms with Crippen LogP contribution in [0.5, 0.6) is 0 Å². The van der Waals surface area contributed by atoms with Crippen molar-refractivity contribution in [2.45, 2.75) is 40.0 Å². The largest absolute Gasteiger partial charge is 0.188 e. The van der Waals surface area contributed by atoms with Gasteiger partial charge >= 0.3 is 0 Å². The molecule has 0 saturated carbocycles. The van der Waals surface area contributed by atoms with Crippen LogP contribution in [0, 0.1) is 0 Å². The summed E-state index contributed by atoms with van der Waals surface area (Å²) in [6.45, 7) is 12.9. The van der Waals surface area contributed by atoms with Crippen LogP contribution in [-0.4, -0.2) is 25.0 Å². The number of rotatable bonds is 5. The van der Waals surface area contributed by atoms with Crippen molar-refractivity contribution in [2.75, 3.05) is 11.5 Å². The predicted octanol–water partition coefficient (Wildman–Crippen LogP) is 3.98. The average Bonchev–Trinajstić information content (AvgIpc) is 1.86. The normalized spacial score (nSPS) is 13.5. The Morgan fingerprint density at radius 1 is 0.750 bits per heavy atom. The van der Waals surface area contributed by atoms with Crippen LogP contribution in [0.1, 0.15) is 13.8 Å². The molecule has 4 heteroatoms. The maximum atomic E-state index is 2.55. The monoisotopic (exact) mass is 238 g/mol. The topological polar surface area (TPSA) is 0 Å². The molecular formula is C8H22S2Si2. The molecule has 0 radical (unpaired) electrons. The summed E-state index contributed by atoms with van der Waals surface area (Å²) in [6, 6.07) is 0. The molecule has 12 heavy (non-hydrogen) atoms. The Balaban J connectivity index is 4.28. The van der Waals surface area contributed by atoms with Gasteiger partial charge in [-0.05, 0) is 11.5 Å². The lowest BCUT2D eigenvalue weighted by atomic mass is 11.0. The van der Waals surface area contributed by atoms with Crippen molar-refractivity contribution in [3.05, 3.63) is 0 Å². The van der Waals surface area contributed by atoms with E-state index in [1.165, 1.54) is 11.5 Å². The van der Waals surface area contributed by atoms with Crippen molar-refractivity contribution in [3.63, 3.8) is 0 Å². The third-order valence-corrected chi connectivity index (χ3v) is 35.1. The highest BCUT2D eigenvalue weighted by molar-refractivity contribution is 8.49. The van der Waals surface area contributed by atoms with Gasteiger partial charge in [-0.15, -0.1) is 0 Å². The van der Waals surface area contributed by atoms with Gasteiger partial charge in [-0.1, -0.05) is 40.0 Å². The molecule has 0 bridgehead atoms. The van der Waals surface area contributed by atoms with Crippen LogP contribution in [0.25, 0.3) is 0 Å². The lowest BCUT2D eigenvalue weighted by Gasteiger charge is -2.36.